The maximum absolute atomic E-state index is 13.3. The van der Waals surface area contributed by atoms with Crippen molar-refractivity contribution < 1.29 is 21.6 Å². The largest absolute Gasteiger partial charge is 0.286 e. The van der Waals surface area contributed by atoms with Gasteiger partial charge in [-0.15, -0.1) is 8.81 Å². The van der Waals surface area contributed by atoms with Gasteiger partial charge in [-0.25, -0.2) is 0 Å². The summed E-state index contributed by atoms with van der Waals surface area (Å²) in [6.45, 7) is 0. The van der Waals surface area contributed by atoms with Crippen LogP contribution in [-0.4, -0.2) is 33.0 Å². The molecule has 1 heterocycles. The van der Waals surface area contributed by atoms with Gasteiger partial charge in [0.1, 0.15) is 4.90 Å². The van der Waals surface area contributed by atoms with Crippen LogP contribution in [0.25, 0.3) is 0 Å². The summed E-state index contributed by atoms with van der Waals surface area (Å²) in [6, 6.07) is 18.8. The van der Waals surface area contributed by atoms with Crippen molar-refractivity contribution >= 4 is 43.4 Å². The van der Waals surface area contributed by atoms with E-state index in [1.165, 1.54) is 66.7 Å². The van der Waals surface area contributed by atoms with E-state index in [-0.39, 0.29) is 26.8 Å². The third-order valence-electron chi connectivity index (χ3n) is 4.40. The highest BCUT2D eigenvalue weighted by atomic mass is 35.5. The number of hydrogen-bond acceptors (Lipinski definition) is 6. The van der Waals surface area contributed by atoms with Gasteiger partial charge >= 0.3 is 0 Å². The molecule has 0 aromatic heterocycles. The Hall–Kier alpha value is -3.21. The number of rotatable bonds is 3. The van der Waals surface area contributed by atoms with Crippen molar-refractivity contribution in [1.82, 2.24) is 9.84 Å². The molecule has 1 aliphatic heterocycles. The summed E-state index contributed by atoms with van der Waals surface area (Å²) < 4.78 is 55.3. The second-order valence-corrected chi connectivity index (χ2v) is 10.2. The first-order valence-electron chi connectivity index (χ1n) is 8.81. The smallest absolute Gasteiger partial charge is 0.266 e. The van der Waals surface area contributed by atoms with Crippen molar-refractivity contribution in [2.45, 2.75) is 9.79 Å². The van der Waals surface area contributed by atoms with Gasteiger partial charge in [0.15, 0.2) is 5.84 Å². The molecule has 3 aromatic carbocycles. The molecule has 0 fully saturated rings. The highest BCUT2D eigenvalue weighted by molar-refractivity contribution is 7.91. The topological polar surface area (TPSA) is 113 Å². The Bertz CT molecular complexity index is 1400. The fourth-order valence-electron chi connectivity index (χ4n) is 2.91. The zero-order chi connectivity index (χ0) is 22.2. The van der Waals surface area contributed by atoms with Crippen LogP contribution in [0, 0.1) is 0 Å². The Labute approximate surface area is 183 Å². The van der Waals surface area contributed by atoms with E-state index in [1.54, 1.807) is 12.1 Å². The molecule has 8 nitrogen and oxygen atoms in total. The molecule has 0 aliphatic carbocycles. The number of hydrazine groups is 1. The van der Waals surface area contributed by atoms with Gasteiger partial charge in [0, 0.05) is 16.1 Å². The SMILES string of the molecule is O=C(c1ccc(Cl)cc1)N(NC1=NS(=O)(=O)c2ccccc21)S(=O)(=O)c1ccccc1. The van der Waals surface area contributed by atoms with Crippen molar-refractivity contribution in [2.75, 3.05) is 0 Å². The first-order valence-corrected chi connectivity index (χ1v) is 12.1. The maximum atomic E-state index is 13.3. The molecular weight excluding hydrogens is 462 g/mol. The van der Waals surface area contributed by atoms with Crippen molar-refractivity contribution in [1.29, 1.82) is 0 Å². The van der Waals surface area contributed by atoms with E-state index < -0.39 is 26.0 Å². The lowest BCUT2D eigenvalue weighted by Crippen LogP contribution is -2.49. The minimum atomic E-state index is -4.42. The van der Waals surface area contributed by atoms with E-state index in [9.17, 15) is 21.6 Å². The van der Waals surface area contributed by atoms with Crippen LogP contribution in [0.15, 0.2) is 93.1 Å². The molecule has 1 amide bonds. The molecule has 0 radical (unpaired) electrons. The predicted octanol–water partition coefficient (Wildman–Crippen LogP) is 2.82. The second kappa shape index (κ2) is 7.80. The van der Waals surface area contributed by atoms with Crippen molar-refractivity contribution in [2.24, 2.45) is 4.40 Å². The molecule has 3 aromatic rings. The summed E-state index contributed by atoms with van der Waals surface area (Å²) in [6.07, 6.45) is 0. The van der Waals surface area contributed by atoms with Crippen LogP contribution in [0.5, 0.6) is 0 Å². The number of halogens is 1. The first kappa shape index (κ1) is 21.0. The number of amides is 1. The van der Waals surface area contributed by atoms with Gasteiger partial charge in [-0.05, 0) is 48.5 Å². The van der Waals surface area contributed by atoms with Gasteiger partial charge in [0.05, 0.1) is 4.90 Å². The molecule has 31 heavy (non-hydrogen) atoms. The number of nitrogens with one attached hydrogen (secondary N) is 1. The van der Waals surface area contributed by atoms with Crippen LogP contribution in [0.3, 0.4) is 0 Å². The van der Waals surface area contributed by atoms with Crippen LogP contribution >= 0.6 is 11.6 Å². The minimum Gasteiger partial charge on any atom is -0.266 e. The summed E-state index contributed by atoms with van der Waals surface area (Å²) in [4.78, 5) is 12.9. The Morgan fingerprint density at radius 2 is 1.52 bits per heavy atom. The Kier molecular flexibility index (Phi) is 5.29. The minimum absolute atomic E-state index is 0.0196. The van der Waals surface area contributed by atoms with Crippen LogP contribution < -0.4 is 5.43 Å². The van der Waals surface area contributed by atoms with Crippen molar-refractivity contribution in [3.8, 4) is 0 Å². The zero-order valence-electron chi connectivity index (χ0n) is 15.6. The Morgan fingerprint density at radius 3 is 2.19 bits per heavy atom. The normalized spacial score (nSPS) is 14.4. The van der Waals surface area contributed by atoms with E-state index in [0.29, 0.717) is 9.44 Å². The van der Waals surface area contributed by atoms with Gasteiger partial charge in [0.2, 0.25) is 0 Å². The number of carbonyl (C=O) groups is 1. The molecule has 1 aliphatic rings. The highest BCUT2D eigenvalue weighted by Gasteiger charge is 2.35. The number of amidine groups is 1. The average molecular weight is 476 g/mol. The third-order valence-corrected chi connectivity index (χ3v) is 7.59. The number of fused-ring (bicyclic) bond motifs is 1. The molecule has 11 heteroatoms. The fourth-order valence-corrected chi connectivity index (χ4v) is 5.45. The first-order chi connectivity index (χ1) is 14.7. The Morgan fingerprint density at radius 1 is 0.903 bits per heavy atom. The quantitative estimate of drug-likeness (QED) is 0.583. The van der Waals surface area contributed by atoms with E-state index in [1.807, 2.05) is 0 Å². The van der Waals surface area contributed by atoms with Gasteiger partial charge in [-0.2, -0.15) is 16.8 Å². The second-order valence-electron chi connectivity index (χ2n) is 6.42. The Balaban J connectivity index is 1.82. The number of nitrogens with zero attached hydrogens (tertiary/aromatic N) is 2. The molecule has 0 saturated carbocycles. The summed E-state index contributed by atoms with van der Waals surface area (Å²) in [5, 5.41) is 0.363. The summed E-state index contributed by atoms with van der Waals surface area (Å²) in [5.41, 5.74) is 2.59. The molecular formula is C20H14ClN3O5S2. The summed E-state index contributed by atoms with van der Waals surface area (Å²) in [7, 11) is -8.45. The lowest BCUT2D eigenvalue weighted by atomic mass is 10.2. The third kappa shape index (κ3) is 3.92. The number of hydrogen-bond donors (Lipinski definition) is 1. The van der Waals surface area contributed by atoms with E-state index in [2.05, 4.69) is 9.82 Å². The van der Waals surface area contributed by atoms with Crippen molar-refractivity contribution in [3.63, 3.8) is 0 Å². The van der Waals surface area contributed by atoms with Gasteiger partial charge in [-0.1, -0.05) is 41.9 Å². The molecule has 0 bridgehead atoms. The standard InChI is InChI=1S/C20H14ClN3O5S2/c21-15-12-10-14(11-13-15)20(25)24(31(28,29)16-6-2-1-3-7-16)22-19-17-8-4-5-9-18(17)30(26,27)23-19/h1-13H,(H,22,23). The van der Waals surface area contributed by atoms with Crippen LogP contribution in [-0.2, 0) is 20.0 Å². The molecule has 158 valence electrons. The molecule has 0 saturated heterocycles. The van der Waals surface area contributed by atoms with Crippen LogP contribution in [0.2, 0.25) is 5.02 Å². The van der Waals surface area contributed by atoms with Crippen LogP contribution in [0.4, 0.5) is 0 Å². The number of carbonyl (C=O) groups excluding carboxylic acids is 1. The van der Waals surface area contributed by atoms with Gasteiger partial charge < -0.3 is 0 Å². The lowest BCUT2D eigenvalue weighted by Gasteiger charge is -2.24. The lowest BCUT2D eigenvalue weighted by molar-refractivity contribution is 0.0838. The molecule has 0 unspecified atom stereocenters. The highest BCUT2D eigenvalue weighted by Crippen LogP contribution is 2.26. The predicted molar refractivity (Wildman–Crippen MR) is 115 cm³/mol. The number of benzene rings is 3. The average Bonchev–Trinajstić information content (AvgIpc) is 3.03. The summed E-state index contributed by atoms with van der Waals surface area (Å²) >= 11 is 5.86. The maximum Gasteiger partial charge on any atom is 0.286 e. The van der Waals surface area contributed by atoms with Gasteiger partial charge in [-0.3, -0.25) is 10.2 Å². The zero-order valence-corrected chi connectivity index (χ0v) is 18.0. The molecule has 0 spiro atoms. The van der Waals surface area contributed by atoms with Crippen molar-refractivity contribution in [3.05, 3.63) is 95.0 Å². The molecule has 4 rings (SSSR count). The van der Waals surface area contributed by atoms with Crippen LogP contribution in [0.1, 0.15) is 15.9 Å². The fraction of sp³-hybridized carbons (Fsp3) is 0. The monoisotopic (exact) mass is 475 g/mol. The van der Waals surface area contributed by atoms with E-state index >= 15 is 0 Å². The summed E-state index contributed by atoms with van der Waals surface area (Å²) in [5.74, 6) is -1.22. The van der Waals surface area contributed by atoms with E-state index in [4.69, 9.17) is 11.6 Å². The molecule has 0 atom stereocenters. The number of sulfonamides is 2. The van der Waals surface area contributed by atoms with E-state index in [0.717, 1.165) is 0 Å². The van der Waals surface area contributed by atoms with Gasteiger partial charge in [0.25, 0.3) is 26.0 Å². The molecule has 1 N–H and O–H groups in total.